The number of carbonyl (C=O) groups is 1. The average molecular weight is 259 g/mol. The van der Waals surface area contributed by atoms with Crippen LogP contribution in [0.2, 0.25) is 0 Å². The second kappa shape index (κ2) is 4.30. The molecule has 4 nitrogen and oxygen atoms in total. The first-order valence-electron chi connectivity index (χ1n) is 6.53. The van der Waals surface area contributed by atoms with Gasteiger partial charge in [0.05, 0.1) is 11.1 Å². The fourth-order valence-electron chi connectivity index (χ4n) is 2.84. The Morgan fingerprint density at radius 3 is 2.79 bits per heavy atom. The molecule has 2 aromatic rings. The van der Waals surface area contributed by atoms with Gasteiger partial charge in [0, 0.05) is 19.0 Å². The van der Waals surface area contributed by atoms with E-state index in [9.17, 15) is 9.90 Å². The molecule has 0 amide bonds. The van der Waals surface area contributed by atoms with Crippen molar-refractivity contribution in [3.63, 3.8) is 0 Å². The van der Waals surface area contributed by atoms with Gasteiger partial charge >= 0.3 is 5.97 Å². The minimum atomic E-state index is -0.682. The van der Waals surface area contributed by atoms with Crippen LogP contribution in [0.15, 0.2) is 34.9 Å². The topological polar surface area (TPSA) is 53.7 Å². The molecule has 0 unspecified atom stereocenters. The number of para-hydroxylation sites is 1. The van der Waals surface area contributed by atoms with Gasteiger partial charge in [-0.1, -0.05) is 18.6 Å². The number of carboxylic acids is 1. The van der Waals surface area contributed by atoms with E-state index in [2.05, 4.69) is 0 Å². The Kier molecular flexibility index (Phi) is 2.73. The zero-order chi connectivity index (χ0) is 13.5. The van der Waals surface area contributed by atoms with Crippen molar-refractivity contribution in [2.75, 3.05) is 18.5 Å². The van der Waals surface area contributed by atoms with E-state index < -0.39 is 11.4 Å². The first-order valence-corrected chi connectivity index (χ1v) is 6.53. The summed E-state index contributed by atoms with van der Waals surface area (Å²) in [6.45, 7) is 0.534. The van der Waals surface area contributed by atoms with Crippen LogP contribution in [0.5, 0.6) is 0 Å². The van der Waals surface area contributed by atoms with Crippen molar-refractivity contribution in [3.8, 4) is 0 Å². The van der Waals surface area contributed by atoms with E-state index >= 15 is 0 Å². The molecule has 1 aliphatic rings. The second-order valence-electron chi connectivity index (χ2n) is 5.41. The Morgan fingerprint density at radius 1 is 1.42 bits per heavy atom. The minimum Gasteiger partial charge on any atom is -0.481 e. The van der Waals surface area contributed by atoms with Gasteiger partial charge in [0.1, 0.15) is 11.8 Å². The van der Waals surface area contributed by atoms with Crippen LogP contribution in [0.4, 0.5) is 5.69 Å². The largest absolute Gasteiger partial charge is 0.481 e. The predicted molar refractivity (Wildman–Crippen MR) is 73.4 cm³/mol. The van der Waals surface area contributed by atoms with Gasteiger partial charge in [-0.2, -0.15) is 0 Å². The van der Waals surface area contributed by atoms with Gasteiger partial charge in [-0.3, -0.25) is 4.79 Å². The fourth-order valence-corrected chi connectivity index (χ4v) is 2.84. The average Bonchev–Trinajstić information content (AvgIpc) is 2.77. The molecule has 1 aromatic heterocycles. The Labute approximate surface area is 111 Å². The van der Waals surface area contributed by atoms with E-state index in [4.69, 9.17) is 4.42 Å². The van der Waals surface area contributed by atoms with Crippen molar-refractivity contribution in [2.45, 2.75) is 19.3 Å². The third-order valence-corrected chi connectivity index (χ3v) is 4.18. The highest BCUT2D eigenvalue weighted by Gasteiger charge is 2.45. The molecule has 1 N–H and O–H groups in total. The van der Waals surface area contributed by atoms with Crippen molar-refractivity contribution in [2.24, 2.45) is 5.41 Å². The van der Waals surface area contributed by atoms with Crippen LogP contribution in [-0.2, 0) is 4.79 Å². The summed E-state index contributed by atoms with van der Waals surface area (Å²) in [6.07, 6.45) is 4.25. The summed E-state index contributed by atoms with van der Waals surface area (Å²) in [7, 11) is 1.93. The third kappa shape index (κ3) is 1.87. The highest BCUT2D eigenvalue weighted by molar-refractivity contribution is 5.91. The standard InChI is InChI=1S/C15H17NO3/c1-16(10-15(14(17)18)7-4-8-15)12-9-19-13-6-3-2-5-11(12)13/h2-3,5-6,9H,4,7-8,10H2,1H3,(H,17,18). The number of aliphatic carboxylic acids is 1. The molecule has 1 aromatic carbocycles. The van der Waals surface area contributed by atoms with Gasteiger partial charge in [0.25, 0.3) is 0 Å². The van der Waals surface area contributed by atoms with E-state index in [0.717, 1.165) is 35.9 Å². The van der Waals surface area contributed by atoms with Gasteiger partial charge in [0.15, 0.2) is 0 Å². The van der Waals surface area contributed by atoms with Crippen LogP contribution in [-0.4, -0.2) is 24.7 Å². The molecule has 1 saturated carbocycles. The Balaban J connectivity index is 1.88. The molecule has 4 heteroatoms. The van der Waals surface area contributed by atoms with Crippen LogP contribution in [0.25, 0.3) is 11.0 Å². The number of furan rings is 1. The second-order valence-corrected chi connectivity index (χ2v) is 5.41. The molecule has 0 radical (unpaired) electrons. The lowest BCUT2D eigenvalue weighted by molar-refractivity contribution is -0.153. The molecule has 0 bridgehead atoms. The molecule has 19 heavy (non-hydrogen) atoms. The Morgan fingerprint density at radius 2 is 2.16 bits per heavy atom. The monoisotopic (exact) mass is 259 g/mol. The Bertz CT molecular complexity index is 613. The lowest BCUT2D eigenvalue weighted by Gasteiger charge is -2.40. The molecular weight excluding hydrogens is 242 g/mol. The van der Waals surface area contributed by atoms with Crippen molar-refractivity contribution in [1.29, 1.82) is 0 Å². The molecule has 0 aliphatic heterocycles. The van der Waals surface area contributed by atoms with Crippen molar-refractivity contribution in [3.05, 3.63) is 30.5 Å². The summed E-state index contributed by atoms with van der Waals surface area (Å²) >= 11 is 0. The fraction of sp³-hybridized carbons (Fsp3) is 0.400. The maximum atomic E-state index is 11.4. The van der Waals surface area contributed by atoms with E-state index in [1.165, 1.54) is 0 Å². The summed E-state index contributed by atoms with van der Waals surface area (Å²) in [5, 5.41) is 10.4. The number of carboxylic acid groups (broad SMARTS) is 1. The zero-order valence-corrected chi connectivity index (χ0v) is 10.9. The SMILES string of the molecule is CN(CC1(C(=O)O)CCC1)c1coc2ccccc12. The van der Waals surface area contributed by atoms with Crippen molar-refractivity contribution < 1.29 is 14.3 Å². The van der Waals surface area contributed by atoms with Gasteiger partial charge in [-0.05, 0) is 25.0 Å². The molecule has 100 valence electrons. The maximum absolute atomic E-state index is 11.4. The third-order valence-electron chi connectivity index (χ3n) is 4.18. The quantitative estimate of drug-likeness (QED) is 0.916. The van der Waals surface area contributed by atoms with Gasteiger partial charge in [-0.25, -0.2) is 0 Å². The first-order chi connectivity index (χ1) is 9.12. The van der Waals surface area contributed by atoms with Gasteiger partial charge in [0.2, 0.25) is 0 Å². The molecular formula is C15H17NO3. The van der Waals surface area contributed by atoms with E-state index in [0.29, 0.717) is 6.54 Å². The minimum absolute atomic E-state index is 0.534. The number of hydrogen-bond donors (Lipinski definition) is 1. The number of benzene rings is 1. The smallest absolute Gasteiger partial charge is 0.311 e. The molecule has 0 saturated heterocycles. The van der Waals surface area contributed by atoms with Crippen LogP contribution in [0.3, 0.4) is 0 Å². The molecule has 0 spiro atoms. The van der Waals surface area contributed by atoms with Crippen LogP contribution in [0.1, 0.15) is 19.3 Å². The number of hydrogen-bond acceptors (Lipinski definition) is 3. The predicted octanol–water partition coefficient (Wildman–Crippen LogP) is 3.12. The zero-order valence-electron chi connectivity index (χ0n) is 10.9. The molecule has 1 fully saturated rings. The highest BCUT2D eigenvalue weighted by atomic mass is 16.4. The van der Waals surface area contributed by atoms with E-state index in [-0.39, 0.29) is 0 Å². The summed E-state index contributed by atoms with van der Waals surface area (Å²) in [5.41, 5.74) is 1.22. The van der Waals surface area contributed by atoms with Crippen molar-refractivity contribution in [1.82, 2.24) is 0 Å². The van der Waals surface area contributed by atoms with E-state index in [1.54, 1.807) is 6.26 Å². The molecule has 1 heterocycles. The maximum Gasteiger partial charge on any atom is 0.311 e. The first kappa shape index (κ1) is 12.1. The molecule has 0 atom stereocenters. The molecule has 3 rings (SSSR count). The van der Waals surface area contributed by atoms with E-state index in [1.807, 2.05) is 36.2 Å². The number of nitrogens with zero attached hydrogens (tertiary/aromatic N) is 1. The van der Waals surface area contributed by atoms with Gasteiger partial charge < -0.3 is 14.4 Å². The summed E-state index contributed by atoms with van der Waals surface area (Å²) in [4.78, 5) is 13.4. The lowest BCUT2D eigenvalue weighted by Crippen LogP contribution is -2.46. The van der Waals surface area contributed by atoms with Crippen LogP contribution >= 0.6 is 0 Å². The van der Waals surface area contributed by atoms with Gasteiger partial charge in [-0.15, -0.1) is 0 Å². The summed E-state index contributed by atoms with van der Waals surface area (Å²) in [5.74, 6) is -0.682. The number of rotatable bonds is 4. The highest BCUT2D eigenvalue weighted by Crippen LogP contribution is 2.43. The Hall–Kier alpha value is -1.97. The van der Waals surface area contributed by atoms with Crippen molar-refractivity contribution >= 4 is 22.6 Å². The number of fused-ring (bicyclic) bond motifs is 1. The van der Waals surface area contributed by atoms with Crippen LogP contribution < -0.4 is 4.90 Å². The van der Waals surface area contributed by atoms with Crippen LogP contribution in [0, 0.1) is 5.41 Å². The lowest BCUT2D eigenvalue weighted by atomic mass is 9.68. The summed E-state index contributed by atoms with van der Waals surface area (Å²) in [6, 6.07) is 7.81. The normalized spacial score (nSPS) is 17.1. The summed E-state index contributed by atoms with van der Waals surface area (Å²) < 4.78 is 5.51. The number of anilines is 1. The molecule has 1 aliphatic carbocycles.